The van der Waals surface area contributed by atoms with Crippen molar-refractivity contribution in [2.45, 2.75) is 51.3 Å². The summed E-state index contributed by atoms with van der Waals surface area (Å²) in [5.41, 5.74) is 0.287. The molecule has 1 aliphatic rings. The number of para-hydroxylation sites is 1. The standard InChI is InChI=1S/C16H24N2O3/c1-16(2,3)21-15(20)18-12-8-6-10-17-14(12)11-7-4-5-9-13(11)19/h4-5,7,9,12,14,17,19H,6,8,10H2,1-3H3,(H,18,20). The van der Waals surface area contributed by atoms with Crippen molar-refractivity contribution in [3.63, 3.8) is 0 Å². The van der Waals surface area contributed by atoms with E-state index < -0.39 is 11.7 Å². The molecule has 2 unspecified atom stereocenters. The predicted molar refractivity (Wildman–Crippen MR) is 81.2 cm³/mol. The number of hydrogen-bond donors (Lipinski definition) is 3. The molecule has 5 heteroatoms. The van der Waals surface area contributed by atoms with Crippen LogP contribution in [0.3, 0.4) is 0 Å². The van der Waals surface area contributed by atoms with Gasteiger partial charge in [-0.2, -0.15) is 0 Å². The minimum absolute atomic E-state index is 0.0955. The van der Waals surface area contributed by atoms with E-state index in [1.165, 1.54) is 0 Å². The Balaban J connectivity index is 2.09. The molecule has 0 spiro atoms. The second kappa shape index (κ2) is 6.35. The molecule has 0 bridgehead atoms. The zero-order chi connectivity index (χ0) is 15.5. The quantitative estimate of drug-likeness (QED) is 0.784. The third-order valence-corrected chi connectivity index (χ3v) is 3.43. The van der Waals surface area contributed by atoms with Crippen LogP contribution in [-0.4, -0.2) is 29.4 Å². The molecule has 1 aromatic carbocycles. The van der Waals surface area contributed by atoms with Crippen LogP contribution in [0.4, 0.5) is 4.79 Å². The lowest BCUT2D eigenvalue weighted by molar-refractivity contribution is 0.0481. The molecule has 1 aromatic rings. The van der Waals surface area contributed by atoms with Gasteiger partial charge in [-0.3, -0.25) is 0 Å². The van der Waals surface area contributed by atoms with E-state index >= 15 is 0 Å². The van der Waals surface area contributed by atoms with Gasteiger partial charge in [-0.1, -0.05) is 18.2 Å². The van der Waals surface area contributed by atoms with E-state index in [2.05, 4.69) is 10.6 Å². The van der Waals surface area contributed by atoms with Gasteiger partial charge < -0.3 is 20.5 Å². The predicted octanol–water partition coefficient (Wildman–Crippen LogP) is 2.71. The third kappa shape index (κ3) is 4.36. The number of rotatable bonds is 2. The van der Waals surface area contributed by atoms with Crippen LogP contribution in [0.25, 0.3) is 0 Å². The summed E-state index contributed by atoms with van der Waals surface area (Å²) in [6, 6.07) is 7.01. The normalized spacial score (nSPS) is 22.6. The van der Waals surface area contributed by atoms with Gasteiger partial charge in [-0.25, -0.2) is 4.79 Å². The number of benzene rings is 1. The SMILES string of the molecule is CC(C)(C)OC(=O)NC1CCCNC1c1ccccc1O. The smallest absolute Gasteiger partial charge is 0.407 e. The summed E-state index contributed by atoms with van der Waals surface area (Å²) < 4.78 is 5.31. The van der Waals surface area contributed by atoms with Crippen LogP contribution in [0.15, 0.2) is 24.3 Å². The fourth-order valence-corrected chi connectivity index (χ4v) is 2.58. The van der Waals surface area contributed by atoms with Crippen molar-refractivity contribution in [3.8, 4) is 5.75 Å². The highest BCUT2D eigenvalue weighted by Crippen LogP contribution is 2.30. The minimum Gasteiger partial charge on any atom is -0.508 e. The largest absolute Gasteiger partial charge is 0.508 e. The Morgan fingerprint density at radius 2 is 2.10 bits per heavy atom. The van der Waals surface area contributed by atoms with E-state index in [0.717, 1.165) is 24.9 Å². The number of amides is 1. The van der Waals surface area contributed by atoms with Gasteiger partial charge in [0.05, 0.1) is 12.1 Å². The van der Waals surface area contributed by atoms with Gasteiger partial charge in [0.1, 0.15) is 11.4 Å². The molecule has 0 aliphatic carbocycles. The maximum atomic E-state index is 12.0. The second-order valence-corrected chi connectivity index (χ2v) is 6.39. The molecule has 1 amide bonds. The van der Waals surface area contributed by atoms with Crippen LogP contribution in [-0.2, 0) is 4.74 Å². The van der Waals surface area contributed by atoms with Crippen molar-refractivity contribution in [2.75, 3.05) is 6.54 Å². The Labute approximate surface area is 125 Å². The van der Waals surface area contributed by atoms with E-state index in [-0.39, 0.29) is 17.8 Å². The molecule has 5 nitrogen and oxygen atoms in total. The molecule has 21 heavy (non-hydrogen) atoms. The van der Waals surface area contributed by atoms with Crippen LogP contribution in [0.2, 0.25) is 0 Å². The van der Waals surface area contributed by atoms with Gasteiger partial charge in [0.2, 0.25) is 0 Å². The molecule has 0 saturated carbocycles. The Kier molecular flexibility index (Phi) is 4.73. The minimum atomic E-state index is -0.517. The summed E-state index contributed by atoms with van der Waals surface area (Å²) in [6.45, 7) is 6.39. The highest BCUT2D eigenvalue weighted by atomic mass is 16.6. The summed E-state index contributed by atoms with van der Waals surface area (Å²) in [5, 5.41) is 16.3. The number of ether oxygens (including phenoxy) is 1. The van der Waals surface area contributed by atoms with E-state index in [1.807, 2.05) is 32.9 Å². The molecule has 1 heterocycles. The molecule has 1 aliphatic heterocycles. The van der Waals surface area contributed by atoms with E-state index in [4.69, 9.17) is 4.74 Å². The van der Waals surface area contributed by atoms with Crippen LogP contribution >= 0.6 is 0 Å². The molecule has 1 fully saturated rings. The van der Waals surface area contributed by atoms with Gasteiger partial charge in [0.15, 0.2) is 0 Å². The lowest BCUT2D eigenvalue weighted by Crippen LogP contribution is -2.49. The van der Waals surface area contributed by atoms with Crippen LogP contribution in [0.1, 0.15) is 45.2 Å². The van der Waals surface area contributed by atoms with Crippen LogP contribution in [0, 0.1) is 0 Å². The molecular weight excluding hydrogens is 268 g/mol. The average Bonchev–Trinajstić information content (AvgIpc) is 2.38. The van der Waals surface area contributed by atoms with Crippen molar-refractivity contribution < 1.29 is 14.6 Å². The molecule has 116 valence electrons. The fourth-order valence-electron chi connectivity index (χ4n) is 2.58. The number of phenolic OH excluding ortho intramolecular Hbond substituents is 1. The van der Waals surface area contributed by atoms with Crippen molar-refractivity contribution in [1.29, 1.82) is 0 Å². The molecule has 2 rings (SSSR count). The summed E-state index contributed by atoms with van der Waals surface area (Å²) >= 11 is 0. The number of alkyl carbamates (subject to hydrolysis) is 1. The van der Waals surface area contributed by atoms with Crippen molar-refractivity contribution >= 4 is 6.09 Å². The first-order valence-electron chi connectivity index (χ1n) is 7.37. The Morgan fingerprint density at radius 1 is 1.38 bits per heavy atom. The molecule has 0 radical (unpaired) electrons. The highest BCUT2D eigenvalue weighted by Gasteiger charge is 2.30. The first-order valence-corrected chi connectivity index (χ1v) is 7.37. The second-order valence-electron chi connectivity index (χ2n) is 6.39. The summed E-state index contributed by atoms with van der Waals surface area (Å²) in [4.78, 5) is 12.0. The van der Waals surface area contributed by atoms with Gasteiger partial charge in [-0.05, 0) is 46.2 Å². The van der Waals surface area contributed by atoms with Crippen molar-refractivity contribution in [1.82, 2.24) is 10.6 Å². The number of piperidine rings is 1. The number of hydrogen-bond acceptors (Lipinski definition) is 4. The maximum Gasteiger partial charge on any atom is 0.407 e. The Hall–Kier alpha value is -1.75. The molecule has 2 atom stereocenters. The number of aromatic hydroxyl groups is 1. The summed E-state index contributed by atoms with van der Waals surface area (Å²) in [6.07, 6.45) is 1.41. The summed E-state index contributed by atoms with van der Waals surface area (Å²) in [5.74, 6) is 0.243. The number of carbonyl (C=O) groups excluding carboxylic acids is 1. The fraction of sp³-hybridized carbons (Fsp3) is 0.562. The molecular formula is C16H24N2O3. The Bertz CT molecular complexity index is 497. The number of carbonyl (C=O) groups is 1. The number of phenols is 1. The molecule has 0 aromatic heterocycles. The monoisotopic (exact) mass is 292 g/mol. The third-order valence-electron chi connectivity index (χ3n) is 3.43. The Morgan fingerprint density at radius 3 is 2.76 bits per heavy atom. The van der Waals surface area contributed by atoms with Gasteiger partial charge in [0, 0.05) is 5.56 Å². The van der Waals surface area contributed by atoms with E-state index in [9.17, 15) is 9.90 Å². The summed E-state index contributed by atoms with van der Waals surface area (Å²) in [7, 11) is 0. The van der Waals surface area contributed by atoms with E-state index in [1.54, 1.807) is 12.1 Å². The van der Waals surface area contributed by atoms with Gasteiger partial charge in [0.25, 0.3) is 0 Å². The highest BCUT2D eigenvalue weighted by molar-refractivity contribution is 5.68. The maximum absolute atomic E-state index is 12.0. The van der Waals surface area contributed by atoms with Gasteiger partial charge >= 0.3 is 6.09 Å². The molecule has 1 saturated heterocycles. The van der Waals surface area contributed by atoms with Crippen molar-refractivity contribution in [3.05, 3.63) is 29.8 Å². The van der Waals surface area contributed by atoms with Crippen LogP contribution in [0.5, 0.6) is 5.75 Å². The topological polar surface area (TPSA) is 70.6 Å². The first kappa shape index (κ1) is 15.6. The zero-order valence-electron chi connectivity index (χ0n) is 12.8. The molecule has 3 N–H and O–H groups in total. The van der Waals surface area contributed by atoms with E-state index in [0.29, 0.717) is 0 Å². The lowest BCUT2D eigenvalue weighted by Gasteiger charge is -2.34. The first-order chi connectivity index (χ1) is 9.87. The van der Waals surface area contributed by atoms with Crippen molar-refractivity contribution in [2.24, 2.45) is 0 Å². The number of nitrogens with one attached hydrogen (secondary N) is 2. The zero-order valence-corrected chi connectivity index (χ0v) is 12.8. The average molecular weight is 292 g/mol. The van der Waals surface area contributed by atoms with Gasteiger partial charge in [-0.15, -0.1) is 0 Å². The van der Waals surface area contributed by atoms with Crippen LogP contribution < -0.4 is 10.6 Å². The lowest BCUT2D eigenvalue weighted by atomic mass is 9.92.